The maximum Gasteiger partial charge on any atom is 0.356 e. The monoisotopic (exact) mass is 274 g/mol. The predicted molar refractivity (Wildman–Crippen MR) is 76.2 cm³/mol. The molecule has 3 rings (SSSR count). The molecular weight excluding hydrogens is 256 g/mol. The number of likely N-dealkylation sites (tertiary alicyclic amines) is 1. The number of carboxylic acids is 1. The van der Waals surface area contributed by atoms with E-state index in [1.807, 2.05) is 6.07 Å². The number of aromatic nitrogens is 2. The van der Waals surface area contributed by atoms with Crippen molar-refractivity contribution in [3.63, 3.8) is 0 Å². The maximum atomic E-state index is 11.4. The Morgan fingerprint density at radius 1 is 1.55 bits per heavy atom. The van der Waals surface area contributed by atoms with Gasteiger partial charge in [0.2, 0.25) is 0 Å². The summed E-state index contributed by atoms with van der Waals surface area (Å²) in [5.74, 6) is 0.0412. The second-order valence-corrected chi connectivity index (χ2v) is 5.34. The molecule has 1 aliphatic heterocycles. The molecule has 1 fully saturated rings. The lowest BCUT2D eigenvalue weighted by Gasteiger charge is -2.11. The summed E-state index contributed by atoms with van der Waals surface area (Å²) < 4.78 is 1.60. The Kier molecular flexibility index (Phi) is 3.31. The van der Waals surface area contributed by atoms with Gasteiger partial charge in [-0.2, -0.15) is 0 Å². The summed E-state index contributed by atoms with van der Waals surface area (Å²) in [6.07, 6.45) is 2.86. The Morgan fingerprint density at radius 2 is 2.40 bits per heavy atom. The van der Waals surface area contributed by atoms with Crippen molar-refractivity contribution < 1.29 is 9.90 Å². The molecule has 0 aromatic carbocycles. The molecule has 6 heteroatoms. The van der Waals surface area contributed by atoms with Crippen LogP contribution in [0, 0.1) is 5.92 Å². The standard InChI is InChI=1S/C14H18N4O2/c1-17-7-5-10(9-17)8-15-13-12(14(19)20)18-6-3-2-4-11(18)16-13/h2-4,6,10,15H,5,7-9H2,1H3,(H,19,20). The lowest BCUT2D eigenvalue weighted by atomic mass is 10.1. The van der Waals surface area contributed by atoms with Gasteiger partial charge in [0.25, 0.3) is 0 Å². The van der Waals surface area contributed by atoms with Crippen LogP contribution in [0.3, 0.4) is 0 Å². The molecule has 0 bridgehead atoms. The maximum absolute atomic E-state index is 11.4. The highest BCUT2D eigenvalue weighted by atomic mass is 16.4. The van der Waals surface area contributed by atoms with Crippen LogP contribution in [0.5, 0.6) is 0 Å². The lowest BCUT2D eigenvalue weighted by Crippen LogP contribution is -2.20. The Balaban J connectivity index is 1.83. The zero-order chi connectivity index (χ0) is 14.1. The number of imidazole rings is 1. The average molecular weight is 274 g/mol. The van der Waals surface area contributed by atoms with Crippen LogP contribution in [0.15, 0.2) is 24.4 Å². The number of aromatic carboxylic acids is 1. The van der Waals surface area contributed by atoms with E-state index in [2.05, 4.69) is 22.2 Å². The molecule has 2 N–H and O–H groups in total. The van der Waals surface area contributed by atoms with Gasteiger partial charge in [0.1, 0.15) is 5.65 Å². The Bertz CT molecular complexity index is 637. The minimum Gasteiger partial charge on any atom is -0.476 e. The van der Waals surface area contributed by atoms with Gasteiger partial charge in [-0.3, -0.25) is 4.40 Å². The molecule has 0 aliphatic carbocycles. The quantitative estimate of drug-likeness (QED) is 0.882. The van der Waals surface area contributed by atoms with E-state index in [-0.39, 0.29) is 5.69 Å². The third-order valence-electron chi connectivity index (χ3n) is 3.78. The normalized spacial score (nSPS) is 19.6. The second kappa shape index (κ2) is 5.13. The van der Waals surface area contributed by atoms with Crippen LogP contribution >= 0.6 is 0 Å². The number of pyridine rings is 1. The van der Waals surface area contributed by atoms with Gasteiger partial charge < -0.3 is 15.3 Å². The molecule has 0 radical (unpaired) electrons. The molecule has 1 unspecified atom stereocenters. The van der Waals surface area contributed by atoms with Gasteiger partial charge in [0.05, 0.1) is 0 Å². The van der Waals surface area contributed by atoms with Crippen molar-refractivity contribution in [1.29, 1.82) is 0 Å². The molecule has 0 saturated carbocycles. The van der Waals surface area contributed by atoms with Gasteiger partial charge in [-0.1, -0.05) is 6.07 Å². The molecular formula is C14H18N4O2. The zero-order valence-corrected chi connectivity index (χ0v) is 11.4. The number of nitrogens with zero attached hydrogens (tertiary/aromatic N) is 3. The van der Waals surface area contributed by atoms with Crippen LogP contribution in [0.2, 0.25) is 0 Å². The van der Waals surface area contributed by atoms with Gasteiger partial charge >= 0.3 is 5.97 Å². The first kappa shape index (κ1) is 12.9. The molecule has 6 nitrogen and oxygen atoms in total. The molecule has 2 aromatic rings. The van der Waals surface area contributed by atoms with Gasteiger partial charge in [-0.15, -0.1) is 0 Å². The first-order valence-electron chi connectivity index (χ1n) is 6.78. The number of fused-ring (bicyclic) bond motifs is 1. The van der Waals surface area contributed by atoms with Crippen molar-refractivity contribution in [2.24, 2.45) is 5.92 Å². The minimum atomic E-state index is -0.963. The zero-order valence-electron chi connectivity index (χ0n) is 11.4. The predicted octanol–water partition coefficient (Wildman–Crippen LogP) is 1.40. The molecule has 0 amide bonds. The van der Waals surface area contributed by atoms with E-state index in [9.17, 15) is 9.90 Å². The SMILES string of the molecule is CN1CCC(CNc2nc3ccccn3c2C(=O)O)C1. The summed E-state index contributed by atoms with van der Waals surface area (Å²) in [6, 6.07) is 5.46. The van der Waals surface area contributed by atoms with Crippen LogP contribution < -0.4 is 5.32 Å². The number of hydrogen-bond donors (Lipinski definition) is 2. The van der Waals surface area contributed by atoms with Gasteiger partial charge in [-0.05, 0) is 38.1 Å². The lowest BCUT2D eigenvalue weighted by molar-refractivity contribution is 0.0690. The number of hydrogen-bond acceptors (Lipinski definition) is 4. The average Bonchev–Trinajstić information content (AvgIpc) is 2.99. The summed E-state index contributed by atoms with van der Waals surface area (Å²) in [5, 5.41) is 12.6. The summed E-state index contributed by atoms with van der Waals surface area (Å²) in [5.41, 5.74) is 0.850. The highest BCUT2D eigenvalue weighted by molar-refractivity contribution is 5.92. The number of nitrogens with one attached hydrogen (secondary N) is 1. The van der Waals surface area contributed by atoms with E-state index < -0.39 is 5.97 Å². The molecule has 1 aliphatic rings. The topological polar surface area (TPSA) is 69.9 Å². The van der Waals surface area contributed by atoms with E-state index in [0.29, 0.717) is 17.4 Å². The highest BCUT2D eigenvalue weighted by Gasteiger charge is 2.22. The second-order valence-electron chi connectivity index (χ2n) is 5.34. The van der Waals surface area contributed by atoms with Crippen molar-refractivity contribution >= 4 is 17.4 Å². The fourth-order valence-corrected chi connectivity index (χ4v) is 2.76. The Labute approximate surface area is 117 Å². The number of rotatable bonds is 4. The third-order valence-corrected chi connectivity index (χ3v) is 3.78. The molecule has 106 valence electrons. The largest absolute Gasteiger partial charge is 0.476 e. The third kappa shape index (κ3) is 2.34. The van der Waals surface area contributed by atoms with E-state index in [1.165, 1.54) is 0 Å². The van der Waals surface area contributed by atoms with Gasteiger partial charge in [0, 0.05) is 19.3 Å². The summed E-state index contributed by atoms with van der Waals surface area (Å²) in [7, 11) is 2.10. The van der Waals surface area contributed by atoms with Crippen LogP contribution in [-0.4, -0.2) is 52.0 Å². The van der Waals surface area contributed by atoms with Crippen molar-refractivity contribution in [3.05, 3.63) is 30.1 Å². The minimum absolute atomic E-state index is 0.201. The van der Waals surface area contributed by atoms with Crippen molar-refractivity contribution in [2.45, 2.75) is 6.42 Å². The Hall–Kier alpha value is -2.08. The number of carbonyl (C=O) groups is 1. The van der Waals surface area contributed by atoms with Crippen LogP contribution in [0.4, 0.5) is 5.82 Å². The smallest absolute Gasteiger partial charge is 0.356 e. The molecule has 1 saturated heterocycles. The summed E-state index contributed by atoms with van der Waals surface area (Å²) in [4.78, 5) is 18.1. The van der Waals surface area contributed by atoms with Crippen LogP contribution in [0.1, 0.15) is 16.9 Å². The first-order valence-corrected chi connectivity index (χ1v) is 6.78. The fraction of sp³-hybridized carbons (Fsp3) is 0.429. The fourth-order valence-electron chi connectivity index (χ4n) is 2.76. The van der Waals surface area contributed by atoms with Gasteiger partial charge in [-0.25, -0.2) is 9.78 Å². The van der Waals surface area contributed by atoms with Crippen molar-refractivity contribution in [1.82, 2.24) is 14.3 Å². The van der Waals surface area contributed by atoms with E-state index in [1.54, 1.807) is 22.7 Å². The van der Waals surface area contributed by atoms with Crippen LogP contribution in [-0.2, 0) is 0 Å². The summed E-state index contributed by atoms with van der Waals surface area (Å²) >= 11 is 0. The molecule has 1 atom stereocenters. The number of anilines is 1. The Morgan fingerprint density at radius 3 is 3.10 bits per heavy atom. The van der Waals surface area contributed by atoms with Gasteiger partial charge in [0.15, 0.2) is 11.5 Å². The number of carboxylic acid groups (broad SMARTS) is 1. The highest BCUT2D eigenvalue weighted by Crippen LogP contribution is 2.20. The summed E-state index contributed by atoms with van der Waals surface area (Å²) in [6.45, 7) is 2.90. The van der Waals surface area contributed by atoms with Crippen molar-refractivity contribution in [3.8, 4) is 0 Å². The molecule has 20 heavy (non-hydrogen) atoms. The molecule has 3 heterocycles. The van der Waals surface area contributed by atoms with E-state index >= 15 is 0 Å². The first-order chi connectivity index (χ1) is 9.65. The van der Waals surface area contributed by atoms with Crippen molar-refractivity contribution in [2.75, 3.05) is 32.0 Å². The van der Waals surface area contributed by atoms with E-state index in [0.717, 1.165) is 26.1 Å². The van der Waals surface area contributed by atoms with E-state index in [4.69, 9.17) is 0 Å². The van der Waals surface area contributed by atoms with Crippen LogP contribution in [0.25, 0.3) is 5.65 Å². The molecule has 0 spiro atoms. The molecule has 2 aromatic heterocycles.